The summed E-state index contributed by atoms with van der Waals surface area (Å²) in [5, 5.41) is 0. The predicted molar refractivity (Wildman–Crippen MR) is 28.0 cm³/mol. The Kier molecular flexibility index (Phi) is 51.4. The van der Waals surface area contributed by atoms with Gasteiger partial charge in [0, 0.05) is 17.1 Å². The van der Waals surface area contributed by atoms with Crippen LogP contribution in [-0.4, -0.2) is 79.6 Å². The van der Waals surface area contributed by atoms with Gasteiger partial charge in [-0.25, -0.2) is 0 Å². The Hall–Kier alpha value is 2.16. The minimum Gasteiger partial charge on any atom is 0 e. The van der Waals surface area contributed by atoms with Gasteiger partial charge in [0.25, 0.3) is 0 Å². The average molecular weight is 202 g/mol. The van der Waals surface area contributed by atoms with E-state index in [1.807, 2.05) is 0 Å². The third-order valence-electron chi connectivity index (χ3n) is 0. The molecule has 0 aliphatic carbocycles. The monoisotopic (exact) mass is 202 g/mol. The minimum atomic E-state index is -3.13. The van der Waals surface area contributed by atoms with Gasteiger partial charge in [0.15, 0.2) is 0 Å². The number of hydrogen-bond donors (Lipinski definition) is 2. The van der Waals surface area contributed by atoms with Gasteiger partial charge >= 0.3 is 70.0 Å². The van der Waals surface area contributed by atoms with E-state index in [1.54, 1.807) is 0 Å². The van der Waals surface area contributed by atoms with Crippen molar-refractivity contribution in [2.45, 2.75) is 0 Å². The maximum absolute atomic E-state index is 8.74. The smallest absolute Gasteiger partial charge is 0 e. The van der Waals surface area contributed by atoms with Crippen LogP contribution in [0, 0.1) is 0 Å². The van der Waals surface area contributed by atoms with Crippen molar-refractivity contribution in [3.05, 3.63) is 0 Å². The Morgan fingerprint density at radius 2 is 1.29 bits per heavy atom. The first-order chi connectivity index (χ1) is 1.73. The Morgan fingerprint density at radius 1 is 1.29 bits per heavy atom. The van der Waals surface area contributed by atoms with Gasteiger partial charge in [-0.2, -0.15) is 0 Å². The third-order valence-corrected chi connectivity index (χ3v) is 0. The second-order valence-corrected chi connectivity index (χ2v) is 0.848. The molecule has 0 atom stereocenters. The van der Waals surface area contributed by atoms with Crippen molar-refractivity contribution in [1.82, 2.24) is 0 Å². The molecule has 0 rings (SSSR count). The predicted octanol–water partition coefficient (Wildman–Crippen LogP) is -3.45. The Bertz CT molecular complexity index is 37.9. The zero-order valence-electron chi connectivity index (χ0n) is 2.16. The maximum atomic E-state index is 8.74. The summed E-state index contributed by atoms with van der Waals surface area (Å²) in [6, 6.07) is 0. The van der Waals surface area contributed by atoms with E-state index in [1.165, 1.54) is 0 Å². The molecule has 0 heterocycles. The summed E-state index contributed by atoms with van der Waals surface area (Å²) in [6.07, 6.45) is 0. The van der Waals surface area contributed by atoms with E-state index >= 15 is 0 Å². The van der Waals surface area contributed by atoms with E-state index in [-0.39, 0.29) is 77.9 Å². The van der Waals surface area contributed by atoms with Gasteiger partial charge in [-0.15, -0.1) is 0 Å². The minimum absolute atomic E-state index is 0. The van der Waals surface area contributed by atoms with Crippen LogP contribution in [0.4, 0.5) is 0 Å². The molecule has 0 aromatic rings. The second-order valence-electron chi connectivity index (χ2n) is 0.283. The molecule has 7 heteroatoms. The summed E-state index contributed by atoms with van der Waals surface area (Å²) in [6.45, 7) is 0. The number of hydrogen-bond acceptors (Lipinski definition) is 1. The fourth-order valence-corrected chi connectivity index (χ4v) is 0. The maximum Gasteiger partial charge on any atom is 0.316 e. The summed E-state index contributed by atoms with van der Waals surface area (Å²) >= 11 is 0. The zero-order valence-corrected chi connectivity index (χ0v) is 4.26. The molecule has 0 amide bonds. The van der Waals surface area contributed by atoms with Crippen molar-refractivity contribution in [2.75, 3.05) is 0 Å². The van der Waals surface area contributed by atoms with Crippen LogP contribution in [0.1, 0.15) is 0 Å². The number of rotatable bonds is 0. The van der Waals surface area contributed by atoms with Gasteiger partial charge in [-0.05, 0) is 0 Å². The van der Waals surface area contributed by atoms with Crippen LogP contribution in [0.25, 0.3) is 0 Å². The van der Waals surface area contributed by atoms with E-state index in [4.69, 9.17) is 14.1 Å². The SMILES string of the molecule is O=[Si](O)O.[CaH2].[Fe].[MgH2]. The van der Waals surface area contributed by atoms with E-state index in [0.717, 1.165) is 0 Å². The first-order valence-corrected chi connectivity index (χ1v) is 1.95. The van der Waals surface area contributed by atoms with Gasteiger partial charge < -0.3 is 9.59 Å². The largest absolute Gasteiger partial charge is 0.316 e. The summed E-state index contributed by atoms with van der Waals surface area (Å²) in [5.41, 5.74) is 0. The standard InChI is InChI=1S/Ca.Fe.Mg.H2O3Si.4H/c;;;1-4(2)3;;;;/h;;;1-2H;;;;. The van der Waals surface area contributed by atoms with Crippen LogP contribution < -0.4 is 0 Å². The van der Waals surface area contributed by atoms with E-state index in [2.05, 4.69) is 0 Å². The quantitative estimate of drug-likeness (QED) is 0.402. The molecule has 0 aliphatic rings. The summed E-state index contributed by atoms with van der Waals surface area (Å²) in [4.78, 5) is 14.3. The van der Waals surface area contributed by atoms with Crippen molar-refractivity contribution < 1.29 is 31.1 Å². The molecule has 2 N–H and O–H groups in total. The molecule has 0 saturated carbocycles. The van der Waals surface area contributed by atoms with Crippen LogP contribution in [0.15, 0.2) is 0 Å². The molecule has 40 valence electrons. The van der Waals surface area contributed by atoms with Gasteiger partial charge in [-0.3, -0.25) is 4.46 Å². The first kappa shape index (κ1) is 22.9. The van der Waals surface area contributed by atoms with Crippen LogP contribution in [0.5, 0.6) is 0 Å². The molecule has 0 aromatic carbocycles. The van der Waals surface area contributed by atoms with Crippen molar-refractivity contribution >= 4 is 70.0 Å². The first-order valence-electron chi connectivity index (χ1n) is 0.651. The van der Waals surface area contributed by atoms with E-state index in [9.17, 15) is 0 Å². The second kappa shape index (κ2) is 15.7. The molecule has 0 saturated heterocycles. The third kappa shape index (κ3) is 66.3. The molecular weight excluding hydrogens is 196 g/mol. The molecule has 0 bridgehead atoms. The van der Waals surface area contributed by atoms with Crippen LogP contribution in [-0.2, 0) is 21.5 Å². The van der Waals surface area contributed by atoms with Crippen LogP contribution in [0.2, 0.25) is 0 Å². The van der Waals surface area contributed by atoms with Crippen molar-refractivity contribution in [3.8, 4) is 0 Å². The molecule has 3 nitrogen and oxygen atoms in total. The molecule has 0 unspecified atom stereocenters. The van der Waals surface area contributed by atoms with Gasteiger partial charge in [0.05, 0.1) is 0 Å². The summed E-state index contributed by atoms with van der Waals surface area (Å²) in [7, 11) is -3.13. The van der Waals surface area contributed by atoms with E-state index in [0.29, 0.717) is 0 Å². The summed E-state index contributed by atoms with van der Waals surface area (Å²) in [5.74, 6) is 0. The van der Waals surface area contributed by atoms with E-state index < -0.39 is 9.17 Å². The van der Waals surface area contributed by atoms with Gasteiger partial charge in [0.1, 0.15) is 0 Å². The van der Waals surface area contributed by atoms with Crippen LogP contribution in [0.3, 0.4) is 0 Å². The molecule has 0 fully saturated rings. The molecule has 0 radical (unpaired) electrons. The Labute approximate surface area is 99.4 Å². The van der Waals surface area contributed by atoms with Crippen LogP contribution >= 0.6 is 0 Å². The van der Waals surface area contributed by atoms with Crippen molar-refractivity contribution in [1.29, 1.82) is 0 Å². The van der Waals surface area contributed by atoms with Gasteiger partial charge in [-0.1, -0.05) is 0 Å². The van der Waals surface area contributed by atoms with Crippen molar-refractivity contribution in [2.24, 2.45) is 0 Å². The molecule has 0 aliphatic heterocycles. The summed E-state index contributed by atoms with van der Waals surface area (Å²) < 4.78 is 8.74. The topological polar surface area (TPSA) is 57.5 Å². The Morgan fingerprint density at radius 3 is 1.29 bits per heavy atom. The fraction of sp³-hybridized carbons (Fsp3) is 0. The van der Waals surface area contributed by atoms with Gasteiger partial charge in [0.2, 0.25) is 0 Å². The Balaban J connectivity index is -0.0000000150. The fourth-order valence-electron chi connectivity index (χ4n) is 0. The average Bonchev–Trinajstić information content (AvgIpc) is 0.811. The molecule has 7 heavy (non-hydrogen) atoms. The zero-order chi connectivity index (χ0) is 3.58. The van der Waals surface area contributed by atoms with Crippen molar-refractivity contribution in [3.63, 3.8) is 0 Å². The molecule has 0 aromatic heterocycles. The normalized spacial score (nSPS) is 3.43. The molecular formula is H6CaFeMgO3Si. The molecule has 0 spiro atoms.